The van der Waals surface area contributed by atoms with Crippen LogP contribution in [0.15, 0.2) is 243 Å². The molecule has 4 aromatic heterocycles. The number of para-hydroxylation sites is 4. The molecule has 0 fully saturated rings. The van der Waals surface area contributed by atoms with Crippen molar-refractivity contribution >= 4 is 133 Å². The van der Waals surface area contributed by atoms with Gasteiger partial charge in [-0.1, -0.05) is 228 Å². The highest BCUT2D eigenvalue weighted by Crippen LogP contribution is 2.48. The van der Waals surface area contributed by atoms with Crippen LogP contribution in [-0.4, -0.2) is 31.7 Å². The fourth-order valence-corrected chi connectivity index (χ4v) is 19.9. The van der Waals surface area contributed by atoms with Crippen LogP contribution in [0.25, 0.3) is 110 Å². The molecule has 0 atom stereocenters. The molecule has 568 valence electrons. The SMILES string of the molecule is Cc1cc(C)c2c(c1)c1cc(C)cc(C)c1n2-c1ccc2c(c1)c1ccccc1n2-c1cc2c3c(c1)Oc1ccc(C(C)(C)C)cc1B3c1cc(C(C)(C)C)ccc1O2.Cc1cccc2c3cc(-n4c5ccccc5c5ccccc54)cc(C)c3n(-c3cc4c5c(c3)Oc3ccc(C(C)(C)C)cc3B5c3cc(C(C)(C)C)ccc3O4)c12. The van der Waals surface area contributed by atoms with Crippen molar-refractivity contribution in [3.63, 3.8) is 0 Å². The van der Waals surface area contributed by atoms with Crippen LogP contribution in [0.2, 0.25) is 0 Å². The van der Waals surface area contributed by atoms with Gasteiger partial charge in [0.05, 0.1) is 55.5 Å². The van der Waals surface area contributed by atoms with Gasteiger partial charge >= 0.3 is 0 Å². The fourth-order valence-electron chi connectivity index (χ4n) is 19.9. The number of nitrogens with zero attached hydrogens (tertiary/aromatic N) is 4. The number of aromatic nitrogens is 4. The summed E-state index contributed by atoms with van der Waals surface area (Å²) in [5, 5.41) is 9.99. The highest BCUT2D eigenvalue weighted by Gasteiger charge is 2.44. The second-order valence-electron chi connectivity index (χ2n) is 37.7. The Kier molecular flexibility index (Phi) is 15.4. The summed E-state index contributed by atoms with van der Waals surface area (Å²) in [5.74, 6) is 7.00. The first-order valence-corrected chi connectivity index (χ1v) is 41.2. The average Bonchev–Trinajstić information content (AvgIpc) is 1.14. The Balaban J connectivity index is 0.000000145. The fraction of sp³-hybridized carbons (Fsp3) is 0.208. The molecule has 14 aromatic carbocycles. The first-order chi connectivity index (χ1) is 55.5. The standard InChI is InChI=1S/C54H49BN2O2.C52H45BN2O2/c1-30-21-32(3)51-40(23-30)41-24-31(2)22-33(4)52(41)57(51)36-17-18-45-39(27-36)38-13-11-12-14-44(38)56(45)37-28-48-50-49(29-37)59-47-20-16-35(54(8,9)10)26-43(47)55(50)42-25-34(53(5,6)7)15-19-46(42)58-48;1-30-14-13-17-38-39-27-34(54-42-18-11-9-15-36(42)37-16-10-12-19-43(37)54)24-31(2)50(39)55(49(30)38)35-28-46-48-47(29-35)57-45-23-21-33(52(6,7)8)26-41(45)53(48)40-25-32(51(3,4)5)20-22-44(40)56-46/h11-29H,1-10H3;9-29H,1-8H3. The van der Waals surface area contributed by atoms with Gasteiger partial charge in [0, 0.05) is 89.7 Å². The zero-order valence-electron chi connectivity index (χ0n) is 69.7. The van der Waals surface area contributed by atoms with E-state index in [-0.39, 0.29) is 35.1 Å². The molecule has 0 aliphatic carbocycles. The zero-order chi connectivity index (χ0) is 80.0. The topological polar surface area (TPSA) is 56.6 Å². The number of fused-ring (bicyclic) bond motifs is 20. The first kappa shape index (κ1) is 71.4. The highest BCUT2D eigenvalue weighted by molar-refractivity contribution is 6.99. The van der Waals surface area contributed by atoms with Gasteiger partial charge in [-0.25, -0.2) is 0 Å². The molecule has 116 heavy (non-hydrogen) atoms. The summed E-state index contributed by atoms with van der Waals surface area (Å²) in [6.45, 7) is 40.7. The van der Waals surface area contributed by atoms with E-state index in [1.165, 1.54) is 154 Å². The number of hydrogen-bond donors (Lipinski definition) is 0. The predicted octanol–water partition coefficient (Wildman–Crippen LogP) is 24.3. The third kappa shape index (κ3) is 10.9. The molecule has 0 bridgehead atoms. The number of hydrogen-bond acceptors (Lipinski definition) is 4. The second-order valence-corrected chi connectivity index (χ2v) is 37.7. The summed E-state index contributed by atoms with van der Waals surface area (Å²) in [5.41, 5.74) is 33.6. The minimum Gasteiger partial charge on any atom is -0.458 e. The summed E-state index contributed by atoms with van der Waals surface area (Å²) in [6.07, 6.45) is 0. The van der Waals surface area contributed by atoms with Gasteiger partial charge in [-0.2, -0.15) is 0 Å². The highest BCUT2D eigenvalue weighted by atomic mass is 16.5. The van der Waals surface area contributed by atoms with Gasteiger partial charge in [-0.05, 0) is 214 Å². The van der Waals surface area contributed by atoms with Gasteiger partial charge in [-0.3, -0.25) is 0 Å². The van der Waals surface area contributed by atoms with Crippen LogP contribution in [0.4, 0.5) is 0 Å². The van der Waals surface area contributed by atoms with E-state index in [4.69, 9.17) is 18.9 Å². The quantitative estimate of drug-likeness (QED) is 0.165. The third-order valence-corrected chi connectivity index (χ3v) is 25.5. The zero-order valence-corrected chi connectivity index (χ0v) is 69.7. The van der Waals surface area contributed by atoms with Crippen LogP contribution >= 0.6 is 0 Å². The monoisotopic (exact) mass is 1510 g/mol. The summed E-state index contributed by atoms with van der Waals surface area (Å²) in [4.78, 5) is 0. The maximum atomic E-state index is 6.98. The van der Waals surface area contributed by atoms with Crippen LogP contribution in [0.3, 0.4) is 0 Å². The molecule has 0 spiro atoms. The van der Waals surface area contributed by atoms with Crippen LogP contribution in [0.1, 0.15) is 139 Å². The van der Waals surface area contributed by atoms with Crippen molar-refractivity contribution in [1.82, 2.24) is 18.3 Å². The molecule has 4 aliphatic rings. The van der Waals surface area contributed by atoms with Crippen molar-refractivity contribution in [2.75, 3.05) is 0 Å². The Bertz CT molecular complexity index is 7060. The minimum atomic E-state index is -0.0171. The molecular formula is C106H94B2N4O4. The molecule has 0 saturated heterocycles. The molecule has 0 saturated carbocycles. The Morgan fingerprint density at radius 2 is 0.534 bits per heavy atom. The van der Waals surface area contributed by atoms with Gasteiger partial charge in [0.2, 0.25) is 0 Å². The summed E-state index contributed by atoms with van der Waals surface area (Å²) < 4.78 is 37.6. The van der Waals surface area contributed by atoms with Gasteiger partial charge in [0.15, 0.2) is 0 Å². The molecular weight excluding hydrogens is 1410 g/mol. The lowest BCUT2D eigenvalue weighted by atomic mass is 9.34. The summed E-state index contributed by atoms with van der Waals surface area (Å²) in [6, 6.07) is 90.1. The first-order valence-electron chi connectivity index (χ1n) is 41.2. The molecule has 22 rings (SSSR count). The summed E-state index contributed by atoms with van der Waals surface area (Å²) >= 11 is 0. The van der Waals surface area contributed by atoms with Crippen LogP contribution in [0, 0.1) is 41.5 Å². The maximum absolute atomic E-state index is 6.98. The molecule has 4 aliphatic heterocycles. The van der Waals surface area contributed by atoms with Crippen molar-refractivity contribution < 1.29 is 18.9 Å². The lowest BCUT2D eigenvalue weighted by Gasteiger charge is -2.35. The Morgan fingerprint density at radius 1 is 0.224 bits per heavy atom. The van der Waals surface area contributed by atoms with Crippen molar-refractivity contribution in [1.29, 1.82) is 0 Å². The van der Waals surface area contributed by atoms with Crippen LogP contribution < -0.4 is 51.7 Å². The number of ether oxygens (including phenoxy) is 4. The van der Waals surface area contributed by atoms with E-state index in [1.54, 1.807) is 0 Å². The number of aryl methyl sites for hydroxylation is 6. The summed E-state index contributed by atoms with van der Waals surface area (Å²) in [7, 11) is 0. The van der Waals surface area contributed by atoms with E-state index in [1.807, 2.05) is 0 Å². The van der Waals surface area contributed by atoms with Crippen molar-refractivity contribution in [3.05, 3.63) is 298 Å². The van der Waals surface area contributed by atoms with Crippen LogP contribution in [-0.2, 0) is 21.7 Å². The minimum absolute atomic E-state index is 0.00304. The number of rotatable bonds is 4. The smallest absolute Gasteiger partial charge is 0.260 e. The van der Waals surface area contributed by atoms with Crippen molar-refractivity contribution in [3.8, 4) is 68.7 Å². The van der Waals surface area contributed by atoms with Crippen molar-refractivity contribution in [2.24, 2.45) is 0 Å². The largest absolute Gasteiger partial charge is 0.458 e. The van der Waals surface area contributed by atoms with Crippen LogP contribution in [0.5, 0.6) is 46.0 Å². The van der Waals surface area contributed by atoms with Gasteiger partial charge in [-0.15, -0.1) is 0 Å². The molecule has 8 heterocycles. The second kappa shape index (κ2) is 25.1. The van der Waals surface area contributed by atoms with E-state index in [2.05, 4.69) is 386 Å². The molecule has 0 amide bonds. The third-order valence-electron chi connectivity index (χ3n) is 25.5. The Hall–Kier alpha value is -12.4. The van der Waals surface area contributed by atoms with E-state index < -0.39 is 0 Å². The molecule has 0 unspecified atom stereocenters. The normalized spacial score (nSPS) is 13.5. The van der Waals surface area contributed by atoms with E-state index in [0.29, 0.717) is 0 Å². The lowest BCUT2D eigenvalue weighted by Crippen LogP contribution is -2.57. The molecule has 18 aromatic rings. The molecule has 0 radical (unpaired) electrons. The molecule has 8 nitrogen and oxygen atoms in total. The predicted molar refractivity (Wildman–Crippen MR) is 489 cm³/mol. The Labute approximate surface area is 679 Å². The maximum Gasteiger partial charge on any atom is 0.260 e. The van der Waals surface area contributed by atoms with Gasteiger partial charge in [0.1, 0.15) is 46.0 Å². The molecule has 10 heteroatoms. The van der Waals surface area contributed by atoms with E-state index in [9.17, 15) is 0 Å². The average molecular weight is 1510 g/mol. The van der Waals surface area contributed by atoms with E-state index in [0.717, 1.165) is 90.7 Å². The number of benzene rings is 14. The van der Waals surface area contributed by atoms with Gasteiger partial charge in [0.25, 0.3) is 13.4 Å². The molecule has 0 N–H and O–H groups in total. The lowest BCUT2D eigenvalue weighted by molar-refractivity contribution is 0.462. The van der Waals surface area contributed by atoms with Gasteiger partial charge < -0.3 is 37.2 Å². The van der Waals surface area contributed by atoms with Crippen molar-refractivity contribution in [2.45, 2.75) is 146 Å². The Morgan fingerprint density at radius 3 is 0.931 bits per heavy atom. The van der Waals surface area contributed by atoms with E-state index >= 15 is 0 Å².